The van der Waals surface area contributed by atoms with Crippen LogP contribution in [0.2, 0.25) is 0 Å². The van der Waals surface area contributed by atoms with Crippen LogP contribution >= 0.6 is 0 Å². The molecule has 2 fully saturated rings. The number of amides is 2. The quantitative estimate of drug-likeness (QED) is 0.254. The first-order valence-electron chi connectivity index (χ1n) is 17.9. The number of ether oxygens (including phenoxy) is 2. The lowest BCUT2D eigenvalue weighted by molar-refractivity contribution is -0.168. The van der Waals surface area contributed by atoms with Crippen molar-refractivity contribution in [1.29, 1.82) is 0 Å². The molecule has 2 saturated heterocycles. The van der Waals surface area contributed by atoms with Gasteiger partial charge in [-0.2, -0.15) is 0 Å². The molecule has 258 valence electrons. The van der Waals surface area contributed by atoms with Crippen LogP contribution in [-0.2, 0) is 9.59 Å². The van der Waals surface area contributed by atoms with Crippen LogP contribution in [-0.4, -0.2) is 81.4 Å². The highest BCUT2D eigenvalue weighted by atomic mass is 16.5. The van der Waals surface area contributed by atoms with Gasteiger partial charge in [-0.15, -0.1) is 0 Å². The minimum Gasteiger partial charge on any atom is -0.478 e. The predicted octanol–water partition coefficient (Wildman–Crippen LogP) is 5.36. The van der Waals surface area contributed by atoms with Gasteiger partial charge < -0.3 is 29.5 Å². The van der Waals surface area contributed by atoms with E-state index in [-0.39, 0.29) is 11.8 Å². The SMILES string of the molecule is O=C1[C@H](Oc2ccccc2)C2[C@H](O)C(c3ccccc3)=C3CC(C4=C5CN6C(=O)[C@H](Oc7ccccc7)C6[C@H](O)C(c6ccccc6)=C5C4)=C3CN12. The lowest BCUT2D eigenvalue weighted by atomic mass is 9.66. The Hall–Kier alpha value is -5.70. The molecule has 8 nitrogen and oxygen atoms in total. The van der Waals surface area contributed by atoms with Crippen molar-refractivity contribution in [2.75, 3.05) is 13.1 Å². The van der Waals surface area contributed by atoms with E-state index >= 15 is 0 Å². The zero-order valence-electron chi connectivity index (χ0n) is 28.3. The Balaban J connectivity index is 1.06. The smallest absolute Gasteiger partial charge is 0.266 e. The second-order valence-corrected chi connectivity index (χ2v) is 14.3. The Morgan fingerprint density at radius 2 is 0.808 bits per heavy atom. The second-order valence-electron chi connectivity index (χ2n) is 14.3. The minimum atomic E-state index is -0.934. The molecule has 4 heterocycles. The van der Waals surface area contributed by atoms with Gasteiger partial charge in [0.05, 0.1) is 0 Å². The second kappa shape index (κ2) is 11.9. The number of allylic oxidation sites excluding steroid dienone is 2. The third-order valence-electron chi connectivity index (χ3n) is 11.6. The highest BCUT2D eigenvalue weighted by Gasteiger charge is 2.59. The summed E-state index contributed by atoms with van der Waals surface area (Å²) in [6.07, 6.45) is -2.18. The largest absolute Gasteiger partial charge is 0.478 e. The molecule has 2 amide bonds. The van der Waals surface area contributed by atoms with Crippen LogP contribution in [0.3, 0.4) is 0 Å². The summed E-state index contributed by atoms with van der Waals surface area (Å²) in [6, 6.07) is 37.3. The van der Waals surface area contributed by atoms with Crippen LogP contribution in [0.15, 0.2) is 155 Å². The highest BCUT2D eigenvalue weighted by Crippen LogP contribution is 2.56. The molecule has 0 spiro atoms. The molecule has 2 aliphatic carbocycles. The number of para-hydroxylation sites is 2. The fourth-order valence-electron chi connectivity index (χ4n) is 9.02. The maximum atomic E-state index is 13.7. The molecule has 2 unspecified atom stereocenters. The number of rotatable bonds is 7. The van der Waals surface area contributed by atoms with Gasteiger partial charge >= 0.3 is 0 Å². The number of benzene rings is 4. The highest BCUT2D eigenvalue weighted by molar-refractivity contribution is 5.96. The summed E-state index contributed by atoms with van der Waals surface area (Å²) >= 11 is 0. The Morgan fingerprint density at radius 1 is 0.462 bits per heavy atom. The summed E-state index contributed by atoms with van der Waals surface area (Å²) in [7, 11) is 0. The molecule has 4 aromatic rings. The Bertz CT molecular complexity index is 2080. The van der Waals surface area contributed by atoms with Gasteiger partial charge in [0, 0.05) is 13.1 Å². The molecule has 0 saturated carbocycles. The third kappa shape index (κ3) is 4.60. The molecular formula is C44H36N2O6. The summed E-state index contributed by atoms with van der Waals surface area (Å²) in [4.78, 5) is 31.0. The average molecular weight is 689 g/mol. The van der Waals surface area contributed by atoms with E-state index in [2.05, 4.69) is 0 Å². The van der Waals surface area contributed by atoms with E-state index in [0.29, 0.717) is 37.4 Å². The number of nitrogens with zero attached hydrogens (tertiary/aromatic N) is 2. The molecule has 6 atom stereocenters. The number of hydrogen-bond acceptors (Lipinski definition) is 6. The Kier molecular flexibility index (Phi) is 7.13. The number of aliphatic hydroxyl groups is 2. The third-order valence-corrected chi connectivity index (χ3v) is 11.6. The van der Waals surface area contributed by atoms with Gasteiger partial charge in [0.2, 0.25) is 0 Å². The molecule has 10 rings (SSSR count). The van der Waals surface area contributed by atoms with Crippen molar-refractivity contribution in [2.45, 2.75) is 49.3 Å². The van der Waals surface area contributed by atoms with Crippen LogP contribution < -0.4 is 9.47 Å². The van der Waals surface area contributed by atoms with Crippen LogP contribution in [0.5, 0.6) is 11.5 Å². The molecule has 6 aliphatic rings. The van der Waals surface area contributed by atoms with Crippen molar-refractivity contribution < 1.29 is 29.3 Å². The summed E-state index contributed by atoms with van der Waals surface area (Å²) < 4.78 is 12.4. The van der Waals surface area contributed by atoms with Gasteiger partial charge in [0.1, 0.15) is 35.8 Å². The molecule has 4 aliphatic heterocycles. The summed E-state index contributed by atoms with van der Waals surface area (Å²) in [5.74, 6) is 0.896. The van der Waals surface area contributed by atoms with Crippen molar-refractivity contribution in [3.63, 3.8) is 0 Å². The summed E-state index contributed by atoms with van der Waals surface area (Å²) in [6.45, 7) is 0.747. The van der Waals surface area contributed by atoms with Crippen LogP contribution in [0.1, 0.15) is 24.0 Å². The van der Waals surface area contributed by atoms with Crippen LogP contribution in [0.25, 0.3) is 11.1 Å². The van der Waals surface area contributed by atoms with Crippen LogP contribution in [0, 0.1) is 0 Å². The van der Waals surface area contributed by atoms with Crippen molar-refractivity contribution in [1.82, 2.24) is 9.80 Å². The zero-order chi connectivity index (χ0) is 35.1. The first-order valence-corrected chi connectivity index (χ1v) is 17.9. The van der Waals surface area contributed by atoms with E-state index in [1.54, 1.807) is 9.80 Å². The number of carbonyl (C=O) groups is 2. The van der Waals surface area contributed by atoms with Crippen molar-refractivity contribution in [3.05, 3.63) is 166 Å². The fraction of sp³-hybridized carbons (Fsp3) is 0.227. The standard InChI is InChI=1S/C44H36N2O6/c47-39-35(25-13-5-1-6-14-25)31-21-29(33(31)23-45-37(39)41(43(45)49)51-27-17-9-3-10-18-27)30-22-32-34(30)24-46-38(40(48)36(32)26-15-7-2-8-16-26)42(44(46)50)52-28-19-11-4-12-20-28/h1-20,37-42,47-48H,21-24H2/t37?,38?,39-,40-,41-,42-/m1/s1. The Labute approximate surface area is 301 Å². The molecular weight excluding hydrogens is 652 g/mol. The normalized spacial score (nSPS) is 27.6. The van der Waals surface area contributed by atoms with Gasteiger partial charge in [0.15, 0.2) is 12.2 Å². The maximum absolute atomic E-state index is 13.7. The molecule has 52 heavy (non-hydrogen) atoms. The van der Waals surface area contributed by atoms with Crippen molar-refractivity contribution in [2.24, 2.45) is 0 Å². The van der Waals surface area contributed by atoms with E-state index in [4.69, 9.17) is 9.47 Å². The van der Waals surface area contributed by atoms with Crippen LogP contribution in [0.4, 0.5) is 0 Å². The van der Waals surface area contributed by atoms with E-state index in [0.717, 1.165) is 55.7 Å². The molecule has 0 aromatic heterocycles. The number of β-lactam (4-membered cyclic amide) rings is 2. The first-order chi connectivity index (χ1) is 25.5. The van der Waals surface area contributed by atoms with Gasteiger partial charge in [-0.25, -0.2) is 0 Å². The maximum Gasteiger partial charge on any atom is 0.266 e. The molecule has 2 N–H and O–H groups in total. The lowest BCUT2D eigenvalue weighted by Gasteiger charge is -2.48. The lowest BCUT2D eigenvalue weighted by Crippen LogP contribution is -2.70. The molecule has 4 aromatic carbocycles. The molecule has 0 radical (unpaired) electrons. The first kappa shape index (κ1) is 31.1. The zero-order valence-corrected chi connectivity index (χ0v) is 28.3. The van der Waals surface area contributed by atoms with Gasteiger partial charge in [-0.05, 0) is 92.8 Å². The minimum absolute atomic E-state index is 0.144. The summed E-state index contributed by atoms with van der Waals surface area (Å²) in [5.41, 5.74) is 10.1. The molecule has 8 heteroatoms. The number of fused-ring (bicyclic) bond motifs is 4. The van der Waals surface area contributed by atoms with Crippen molar-refractivity contribution >= 4 is 23.0 Å². The van der Waals surface area contributed by atoms with E-state index in [1.807, 2.05) is 121 Å². The monoisotopic (exact) mass is 688 g/mol. The van der Waals surface area contributed by atoms with Gasteiger partial charge in [-0.3, -0.25) is 9.59 Å². The Morgan fingerprint density at radius 3 is 1.17 bits per heavy atom. The summed E-state index contributed by atoms with van der Waals surface area (Å²) in [5, 5.41) is 24.1. The number of aliphatic hydroxyl groups excluding tert-OH is 2. The predicted molar refractivity (Wildman–Crippen MR) is 195 cm³/mol. The number of carbonyl (C=O) groups excluding carboxylic acids is 2. The molecule has 0 bridgehead atoms. The van der Waals surface area contributed by atoms with E-state index < -0.39 is 36.5 Å². The average Bonchev–Trinajstić information content (AvgIpc) is 3.31. The van der Waals surface area contributed by atoms with E-state index in [9.17, 15) is 19.8 Å². The van der Waals surface area contributed by atoms with Crippen molar-refractivity contribution in [3.8, 4) is 11.5 Å². The van der Waals surface area contributed by atoms with E-state index in [1.165, 1.54) is 0 Å². The fourth-order valence-corrected chi connectivity index (χ4v) is 9.02. The number of hydrogen-bond donors (Lipinski definition) is 2. The van der Waals surface area contributed by atoms with Gasteiger partial charge in [0.25, 0.3) is 11.8 Å². The topological polar surface area (TPSA) is 99.5 Å². The van der Waals surface area contributed by atoms with Gasteiger partial charge in [-0.1, -0.05) is 97.1 Å².